The molecule has 0 aliphatic carbocycles. The van der Waals surface area contributed by atoms with Gasteiger partial charge in [0.05, 0.1) is 13.2 Å². The molecule has 3 rings (SSSR count). The standard InChI is InChI=1S/C37H47O4P/c1-2-36(40)34(29-38)35(30-39)37(41)27-19-8-6-4-3-5-7-9-20-28-42(31-21-13-10-14-22-31,32-23-15-11-16-24-32)33-25-17-12-18-26-33/h2,10-18,21-26,38-39,42H,1,3-9,19-20,27-30H2/b35-34-. The van der Waals surface area contributed by atoms with Gasteiger partial charge in [0, 0.05) is 11.1 Å². The Labute approximate surface area is 252 Å². The van der Waals surface area contributed by atoms with Crippen molar-refractivity contribution in [3.63, 3.8) is 0 Å². The van der Waals surface area contributed by atoms with Gasteiger partial charge in [-0.15, -0.1) is 0 Å². The Morgan fingerprint density at radius 3 is 1.33 bits per heavy atom. The fraction of sp³-hybridized carbons (Fsp3) is 0.351. The zero-order chi connectivity index (χ0) is 30.0. The van der Waals surface area contributed by atoms with Crippen LogP contribution in [0.15, 0.2) is 115 Å². The number of allylic oxidation sites excluding steroid dienone is 1. The third-order valence-corrected chi connectivity index (χ3v) is 13.3. The molecule has 0 bridgehead atoms. The van der Waals surface area contributed by atoms with Crippen LogP contribution >= 0.6 is 7.26 Å². The van der Waals surface area contributed by atoms with E-state index in [-0.39, 0.29) is 23.4 Å². The first-order valence-electron chi connectivity index (χ1n) is 15.4. The summed E-state index contributed by atoms with van der Waals surface area (Å²) in [5, 5.41) is 23.4. The van der Waals surface area contributed by atoms with Crippen molar-refractivity contribution in [2.75, 3.05) is 19.4 Å². The molecular weight excluding hydrogens is 539 g/mol. The predicted octanol–water partition coefficient (Wildman–Crippen LogP) is 6.22. The molecule has 0 unspecified atom stereocenters. The Kier molecular flexibility index (Phi) is 14.6. The van der Waals surface area contributed by atoms with Crippen molar-refractivity contribution in [2.45, 2.75) is 64.2 Å². The first-order valence-corrected chi connectivity index (χ1v) is 17.6. The molecule has 0 saturated heterocycles. The Hall–Kier alpha value is -3.17. The summed E-state index contributed by atoms with van der Waals surface area (Å²) in [6, 6.07) is 33.4. The van der Waals surface area contributed by atoms with Gasteiger partial charge in [-0.05, 0) is 6.08 Å². The summed E-state index contributed by atoms with van der Waals surface area (Å²) in [5.41, 5.74) is -0.0324. The van der Waals surface area contributed by atoms with Gasteiger partial charge in [0.25, 0.3) is 0 Å². The van der Waals surface area contributed by atoms with Gasteiger partial charge in [-0.1, -0.05) is 6.58 Å². The number of hydrogen-bond donors (Lipinski definition) is 2. The number of Topliss-reactive ketones (excluding diaryl/α,β-unsaturated/α-hetero) is 1. The van der Waals surface area contributed by atoms with E-state index < -0.39 is 26.3 Å². The van der Waals surface area contributed by atoms with Gasteiger partial charge in [-0.3, -0.25) is 9.59 Å². The number of carbonyl (C=O) groups excluding carboxylic acids is 2. The SMILES string of the molecule is C=CC(=O)/C(CO)=C(/CO)C(=O)CCCCCCCCCCC[PH](c1ccccc1)(c1ccccc1)c1ccccc1. The van der Waals surface area contributed by atoms with Crippen molar-refractivity contribution in [3.05, 3.63) is 115 Å². The molecule has 0 fully saturated rings. The van der Waals surface area contributed by atoms with Crippen molar-refractivity contribution in [1.82, 2.24) is 0 Å². The summed E-state index contributed by atoms with van der Waals surface area (Å²) in [7, 11) is -2.14. The minimum absolute atomic E-state index is 0.0151. The zero-order valence-electron chi connectivity index (χ0n) is 24.8. The van der Waals surface area contributed by atoms with Crippen molar-refractivity contribution >= 4 is 34.7 Å². The molecule has 224 valence electrons. The van der Waals surface area contributed by atoms with E-state index in [2.05, 4.69) is 97.6 Å². The Morgan fingerprint density at radius 2 is 0.952 bits per heavy atom. The molecular formula is C37H47O4P. The normalized spacial score (nSPS) is 12.4. The van der Waals surface area contributed by atoms with Crippen LogP contribution in [0.2, 0.25) is 0 Å². The van der Waals surface area contributed by atoms with Crippen LogP contribution in [0.25, 0.3) is 0 Å². The molecule has 0 aliphatic rings. The molecule has 0 saturated carbocycles. The summed E-state index contributed by atoms with van der Waals surface area (Å²) in [4.78, 5) is 24.3. The fourth-order valence-electron chi connectivity index (χ4n) is 5.96. The van der Waals surface area contributed by atoms with Crippen LogP contribution < -0.4 is 15.9 Å². The van der Waals surface area contributed by atoms with E-state index in [1.165, 1.54) is 54.2 Å². The van der Waals surface area contributed by atoms with Gasteiger partial charge < -0.3 is 10.2 Å². The van der Waals surface area contributed by atoms with Crippen LogP contribution in [0.1, 0.15) is 64.2 Å². The summed E-state index contributed by atoms with van der Waals surface area (Å²) in [6.07, 6.45) is 12.5. The maximum atomic E-state index is 12.5. The number of rotatable bonds is 20. The Morgan fingerprint density at radius 1 is 0.571 bits per heavy atom. The van der Waals surface area contributed by atoms with Gasteiger partial charge in [0.1, 0.15) is 0 Å². The number of hydrogen-bond acceptors (Lipinski definition) is 4. The molecule has 0 radical (unpaired) electrons. The second-order valence-corrected chi connectivity index (χ2v) is 15.0. The van der Waals surface area contributed by atoms with Crippen LogP contribution in [0, 0.1) is 0 Å². The zero-order valence-corrected chi connectivity index (χ0v) is 25.8. The summed E-state index contributed by atoms with van der Waals surface area (Å²) < 4.78 is 0. The molecule has 0 atom stereocenters. The van der Waals surface area contributed by atoms with Crippen LogP contribution in [0.4, 0.5) is 0 Å². The number of aliphatic hydroxyl groups is 2. The average Bonchev–Trinajstić information content (AvgIpc) is 3.05. The van der Waals surface area contributed by atoms with Crippen molar-refractivity contribution < 1.29 is 19.8 Å². The quantitative estimate of drug-likeness (QED) is 0.0937. The molecule has 42 heavy (non-hydrogen) atoms. The van der Waals surface area contributed by atoms with Crippen molar-refractivity contribution in [3.8, 4) is 0 Å². The van der Waals surface area contributed by atoms with Gasteiger partial charge >= 0.3 is 190 Å². The molecule has 0 aliphatic heterocycles. The fourth-order valence-corrected chi connectivity index (χ4v) is 10.9. The number of unbranched alkanes of at least 4 members (excludes halogenated alkanes) is 8. The molecule has 0 amide bonds. The van der Waals surface area contributed by atoms with E-state index >= 15 is 0 Å². The number of aliphatic hydroxyl groups excluding tert-OH is 2. The third kappa shape index (κ3) is 9.16. The number of benzene rings is 3. The molecule has 3 aromatic rings. The van der Waals surface area contributed by atoms with Gasteiger partial charge in [0.15, 0.2) is 5.78 Å². The monoisotopic (exact) mass is 586 g/mol. The van der Waals surface area contributed by atoms with E-state index in [4.69, 9.17) is 0 Å². The molecule has 0 spiro atoms. The van der Waals surface area contributed by atoms with Crippen molar-refractivity contribution in [1.29, 1.82) is 0 Å². The van der Waals surface area contributed by atoms with Crippen LogP contribution in [0.5, 0.6) is 0 Å². The molecule has 0 heterocycles. The minimum atomic E-state index is -2.14. The maximum absolute atomic E-state index is 12.5. The molecule has 3 aromatic carbocycles. The predicted molar refractivity (Wildman–Crippen MR) is 179 cm³/mol. The summed E-state index contributed by atoms with van der Waals surface area (Å²) in [6.45, 7) is 2.28. The molecule has 2 N–H and O–H groups in total. The first kappa shape index (κ1) is 33.3. The topological polar surface area (TPSA) is 74.6 Å². The van der Waals surface area contributed by atoms with Crippen molar-refractivity contribution in [2.24, 2.45) is 0 Å². The molecule has 0 aromatic heterocycles. The number of ketones is 2. The summed E-state index contributed by atoms with van der Waals surface area (Å²) >= 11 is 0. The van der Waals surface area contributed by atoms with Gasteiger partial charge in [-0.25, -0.2) is 0 Å². The second kappa shape index (κ2) is 18.4. The van der Waals surface area contributed by atoms with E-state index in [0.717, 1.165) is 25.3 Å². The van der Waals surface area contributed by atoms with Crippen LogP contribution in [0.3, 0.4) is 0 Å². The third-order valence-electron chi connectivity index (χ3n) is 8.26. The van der Waals surface area contributed by atoms with Crippen LogP contribution in [-0.4, -0.2) is 41.2 Å². The van der Waals surface area contributed by atoms with E-state index in [9.17, 15) is 19.8 Å². The molecule has 5 heteroatoms. The Balaban J connectivity index is 1.45. The average molecular weight is 587 g/mol. The summed E-state index contributed by atoms with van der Waals surface area (Å²) in [5.74, 6) is -0.777. The number of carbonyl (C=O) groups is 2. The van der Waals surface area contributed by atoms with E-state index in [1.54, 1.807) is 0 Å². The first-order chi connectivity index (χ1) is 20.6. The molecule has 4 nitrogen and oxygen atoms in total. The van der Waals surface area contributed by atoms with Gasteiger partial charge in [0.2, 0.25) is 0 Å². The second-order valence-electron chi connectivity index (χ2n) is 11.0. The Bertz CT molecular complexity index is 1170. The van der Waals surface area contributed by atoms with Gasteiger partial charge in [-0.2, -0.15) is 0 Å². The van der Waals surface area contributed by atoms with Crippen LogP contribution in [-0.2, 0) is 9.59 Å². The van der Waals surface area contributed by atoms with E-state index in [0.29, 0.717) is 6.42 Å². The van der Waals surface area contributed by atoms with E-state index in [1.807, 2.05) is 0 Å².